The van der Waals surface area contributed by atoms with Gasteiger partial charge >= 0.3 is 0 Å². The third-order valence-electron chi connectivity index (χ3n) is 1.58. The van der Waals surface area contributed by atoms with Crippen LogP contribution in [0.1, 0.15) is 5.56 Å². The van der Waals surface area contributed by atoms with Crippen molar-refractivity contribution in [2.75, 3.05) is 0 Å². The van der Waals surface area contributed by atoms with Gasteiger partial charge in [0.2, 0.25) is 0 Å². The second-order valence-electron chi connectivity index (χ2n) is 2.32. The molecule has 0 saturated carbocycles. The summed E-state index contributed by atoms with van der Waals surface area (Å²) in [5.41, 5.74) is 1.32. The summed E-state index contributed by atoms with van der Waals surface area (Å²) in [4.78, 5) is 0. The van der Waals surface area contributed by atoms with Gasteiger partial charge in [0.05, 0.1) is 4.70 Å². The molecule has 1 heterocycles. The topological polar surface area (TPSA) is 12.9 Å². The highest BCUT2D eigenvalue weighted by molar-refractivity contribution is 7.13. The first kappa shape index (κ1) is 5.86. The Hall–Kier alpha value is -0.890. The number of nitrogens with zero attached hydrogens (tertiary/aromatic N) is 1. The molecule has 1 nitrogen and oxygen atoms in total. The van der Waals surface area contributed by atoms with Crippen LogP contribution in [0.15, 0.2) is 24.4 Å². The largest absolute Gasteiger partial charge is 0.200 e. The lowest BCUT2D eigenvalue weighted by Crippen LogP contribution is -1.67. The molecule has 0 aliphatic heterocycles. The van der Waals surface area contributed by atoms with Gasteiger partial charge in [-0.3, -0.25) is 0 Å². The first-order valence-corrected chi connectivity index (χ1v) is 3.95. The molecule has 0 radical (unpaired) electrons. The molecule has 0 fully saturated rings. The van der Waals surface area contributed by atoms with Gasteiger partial charge in [0.1, 0.15) is 0 Å². The van der Waals surface area contributed by atoms with Crippen molar-refractivity contribution in [2.45, 2.75) is 6.92 Å². The van der Waals surface area contributed by atoms with Gasteiger partial charge in [-0.1, -0.05) is 18.2 Å². The normalized spacial score (nSPS) is 10.5. The molecular weight excluding hydrogens is 142 g/mol. The van der Waals surface area contributed by atoms with E-state index < -0.39 is 0 Å². The van der Waals surface area contributed by atoms with Crippen LogP contribution in [0.5, 0.6) is 0 Å². The van der Waals surface area contributed by atoms with Crippen LogP contribution >= 0.6 is 11.5 Å². The minimum Gasteiger partial charge on any atom is -0.200 e. The van der Waals surface area contributed by atoms with E-state index in [9.17, 15) is 0 Å². The molecule has 0 aliphatic rings. The van der Waals surface area contributed by atoms with Crippen molar-refractivity contribution in [3.05, 3.63) is 30.0 Å². The van der Waals surface area contributed by atoms with Crippen LogP contribution in [0.3, 0.4) is 0 Å². The van der Waals surface area contributed by atoms with E-state index in [0.717, 1.165) is 0 Å². The minimum absolute atomic E-state index is 1.25. The summed E-state index contributed by atoms with van der Waals surface area (Å²) in [5, 5.41) is 1.25. The van der Waals surface area contributed by atoms with Crippen LogP contribution in [0, 0.1) is 6.92 Å². The third-order valence-corrected chi connectivity index (χ3v) is 2.53. The predicted octanol–water partition coefficient (Wildman–Crippen LogP) is 2.60. The Morgan fingerprint density at radius 2 is 2.30 bits per heavy atom. The second-order valence-corrected chi connectivity index (χ2v) is 3.12. The monoisotopic (exact) mass is 149 g/mol. The van der Waals surface area contributed by atoms with E-state index in [1.165, 1.54) is 15.6 Å². The summed E-state index contributed by atoms with van der Waals surface area (Å²) in [7, 11) is 0. The lowest BCUT2D eigenvalue weighted by Gasteiger charge is -1.90. The summed E-state index contributed by atoms with van der Waals surface area (Å²) >= 11 is 1.56. The molecule has 0 spiro atoms. The highest BCUT2D eigenvalue weighted by Crippen LogP contribution is 2.20. The van der Waals surface area contributed by atoms with Crippen LogP contribution in [0.2, 0.25) is 0 Å². The van der Waals surface area contributed by atoms with E-state index in [2.05, 4.69) is 29.5 Å². The van der Waals surface area contributed by atoms with Crippen molar-refractivity contribution in [2.24, 2.45) is 0 Å². The van der Waals surface area contributed by atoms with Gasteiger partial charge in [-0.15, -0.1) is 0 Å². The zero-order valence-corrected chi connectivity index (χ0v) is 6.48. The van der Waals surface area contributed by atoms with Crippen molar-refractivity contribution >= 4 is 21.6 Å². The van der Waals surface area contributed by atoms with Crippen LogP contribution in [0.4, 0.5) is 0 Å². The average molecular weight is 149 g/mol. The Labute approximate surface area is 63.5 Å². The maximum atomic E-state index is 4.10. The Kier molecular flexibility index (Phi) is 1.21. The molecule has 0 amide bonds. The lowest BCUT2D eigenvalue weighted by atomic mass is 10.2. The molecule has 0 aliphatic carbocycles. The Bertz CT molecular complexity index is 351. The SMILES string of the molecule is Cc1cccc2cnsc12. The van der Waals surface area contributed by atoms with Gasteiger partial charge in [-0.05, 0) is 24.0 Å². The number of hydrogen-bond donors (Lipinski definition) is 0. The van der Waals surface area contributed by atoms with Crippen molar-refractivity contribution < 1.29 is 0 Å². The maximum Gasteiger partial charge on any atom is 0.0579 e. The molecule has 0 atom stereocenters. The first-order chi connectivity index (χ1) is 4.88. The van der Waals surface area contributed by atoms with E-state index in [1.54, 1.807) is 11.5 Å². The van der Waals surface area contributed by atoms with Crippen LogP contribution in [-0.2, 0) is 0 Å². The van der Waals surface area contributed by atoms with E-state index in [0.29, 0.717) is 0 Å². The van der Waals surface area contributed by atoms with Gasteiger partial charge < -0.3 is 0 Å². The van der Waals surface area contributed by atoms with Crippen molar-refractivity contribution in [3.63, 3.8) is 0 Å². The maximum absolute atomic E-state index is 4.10. The number of aromatic nitrogens is 1. The van der Waals surface area contributed by atoms with E-state index in [1.807, 2.05) is 6.20 Å². The van der Waals surface area contributed by atoms with Gasteiger partial charge in [-0.25, -0.2) is 0 Å². The molecule has 0 saturated heterocycles. The molecule has 2 aromatic rings. The average Bonchev–Trinajstić information content (AvgIpc) is 2.36. The van der Waals surface area contributed by atoms with Crippen LogP contribution < -0.4 is 0 Å². The van der Waals surface area contributed by atoms with E-state index >= 15 is 0 Å². The number of fused-ring (bicyclic) bond motifs is 1. The summed E-state index contributed by atoms with van der Waals surface area (Å²) in [6, 6.07) is 6.26. The smallest absolute Gasteiger partial charge is 0.0579 e. The zero-order valence-electron chi connectivity index (χ0n) is 5.66. The van der Waals surface area contributed by atoms with Crippen molar-refractivity contribution in [1.82, 2.24) is 4.37 Å². The first-order valence-electron chi connectivity index (χ1n) is 3.18. The van der Waals surface area contributed by atoms with E-state index in [-0.39, 0.29) is 0 Å². The molecule has 2 heteroatoms. The predicted molar refractivity (Wildman–Crippen MR) is 44.4 cm³/mol. The fourth-order valence-electron chi connectivity index (χ4n) is 1.04. The summed E-state index contributed by atoms with van der Waals surface area (Å²) in [6.45, 7) is 2.11. The Morgan fingerprint density at radius 1 is 1.40 bits per heavy atom. The third kappa shape index (κ3) is 0.727. The highest BCUT2D eigenvalue weighted by Gasteiger charge is 1.96. The van der Waals surface area contributed by atoms with Crippen molar-refractivity contribution in [3.8, 4) is 0 Å². The fraction of sp³-hybridized carbons (Fsp3) is 0.125. The van der Waals surface area contributed by atoms with Crippen LogP contribution in [-0.4, -0.2) is 4.37 Å². The Morgan fingerprint density at radius 3 is 3.10 bits per heavy atom. The summed E-state index contributed by atoms with van der Waals surface area (Å²) in [5.74, 6) is 0. The molecular formula is C8H7NS. The summed E-state index contributed by atoms with van der Waals surface area (Å²) < 4.78 is 5.41. The van der Waals surface area contributed by atoms with Crippen molar-refractivity contribution in [1.29, 1.82) is 0 Å². The molecule has 0 unspecified atom stereocenters. The fourth-order valence-corrected chi connectivity index (χ4v) is 1.75. The molecule has 10 heavy (non-hydrogen) atoms. The van der Waals surface area contributed by atoms with Gasteiger partial charge in [0.25, 0.3) is 0 Å². The molecule has 1 aromatic carbocycles. The molecule has 2 rings (SSSR count). The van der Waals surface area contributed by atoms with Gasteiger partial charge in [0, 0.05) is 11.6 Å². The summed E-state index contributed by atoms with van der Waals surface area (Å²) in [6.07, 6.45) is 1.91. The Balaban J connectivity index is 2.95. The van der Waals surface area contributed by atoms with Gasteiger partial charge in [0.15, 0.2) is 0 Å². The second kappa shape index (κ2) is 2.06. The van der Waals surface area contributed by atoms with E-state index in [4.69, 9.17) is 0 Å². The standard InChI is InChI=1S/C8H7NS/c1-6-3-2-4-7-5-9-10-8(6)7/h2-5H,1H3. The van der Waals surface area contributed by atoms with Gasteiger partial charge in [-0.2, -0.15) is 4.37 Å². The number of benzene rings is 1. The molecule has 50 valence electrons. The minimum atomic E-state index is 1.25. The van der Waals surface area contributed by atoms with Crippen LogP contribution in [0.25, 0.3) is 10.1 Å². The zero-order chi connectivity index (χ0) is 6.97. The molecule has 0 N–H and O–H groups in total. The number of aryl methyl sites for hydroxylation is 1. The lowest BCUT2D eigenvalue weighted by molar-refractivity contribution is 1.55. The number of rotatable bonds is 0. The quantitative estimate of drug-likeness (QED) is 0.561. The molecule has 1 aromatic heterocycles. The molecule has 0 bridgehead atoms. The highest BCUT2D eigenvalue weighted by atomic mass is 32.1. The number of hydrogen-bond acceptors (Lipinski definition) is 2.